The summed E-state index contributed by atoms with van der Waals surface area (Å²) in [6.07, 6.45) is -4.79. The molecule has 1 aromatic rings. The summed E-state index contributed by atoms with van der Waals surface area (Å²) >= 11 is 0. The highest BCUT2D eigenvalue weighted by atomic mass is 16.6. The van der Waals surface area contributed by atoms with Gasteiger partial charge in [0.1, 0.15) is 18.3 Å². The zero-order valence-corrected chi connectivity index (χ0v) is 10.2. The molecule has 0 aliphatic carbocycles. The van der Waals surface area contributed by atoms with E-state index in [2.05, 4.69) is 0 Å². The van der Waals surface area contributed by atoms with Gasteiger partial charge in [0.2, 0.25) is 0 Å². The highest BCUT2D eigenvalue weighted by Gasteiger charge is 2.43. The fourth-order valence-electron chi connectivity index (χ4n) is 1.99. The van der Waals surface area contributed by atoms with Crippen molar-refractivity contribution in [1.29, 1.82) is 0 Å². The molecule has 2 rings (SSSR count). The molecule has 19 heavy (non-hydrogen) atoms. The van der Waals surface area contributed by atoms with Crippen LogP contribution in [0.5, 0.6) is 0 Å². The molecule has 1 fully saturated rings. The molecular weight excluding hydrogens is 252 g/mol. The smallest absolute Gasteiger partial charge is 0.335 e. The number of carboxylic acid groups (broad SMARTS) is 1. The van der Waals surface area contributed by atoms with Crippen LogP contribution in [0.25, 0.3) is 0 Å². The van der Waals surface area contributed by atoms with Gasteiger partial charge in [0.15, 0.2) is 6.10 Å². The van der Waals surface area contributed by atoms with Gasteiger partial charge in [-0.2, -0.15) is 0 Å². The van der Waals surface area contributed by atoms with Crippen molar-refractivity contribution < 1.29 is 29.6 Å². The summed E-state index contributed by atoms with van der Waals surface area (Å²) in [6, 6.07) is 9.23. The van der Waals surface area contributed by atoms with Crippen LogP contribution in [0.3, 0.4) is 0 Å². The summed E-state index contributed by atoms with van der Waals surface area (Å²) in [4.78, 5) is 10.9. The standard InChI is InChI=1S/C13H16O6/c14-9-7-19-12(13(16)17)10(15)11(9)18-6-8-4-2-1-3-5-8/h1-5,9-12,14-15H,6-7H2,(H,16,17)/t9?,10-,11-,12?/m0/s1. The van der Waals surface area contributed by atoms with E-state index < -0.39 is 30.4 Å². The summed E-state index contributed by atoms with van der Waals surface area (Å²) in [6.45, 7) is 0.0133. The lowest BCUT2D eigenvalue weighted by atomic mass is 10.00. The number of aliphatic hydroxyl groups is 2. The Morgan fingerprint density at radius 3 is 2.63 bits per heavy atom. The third-order valence-corrected chi connectivity index (χ3v) is 3.00. The van der Waals surface area contributed by atoms with E-state index >= 15 is 0 Å². The molecule has 0 radical (unpaired) electrons. The first-order valence-corrected chi connectivity index (χ1v) is 5.95. The van der Waals surface area contributed by atoms with E-state index in [0.717, 1.165) is 5.56 Å². The van der Waals surface area contributed by atoms with Gasteiger partial charge in [-0.05, 0) is 5.56 Å². The number of aliphatic carboxylic acids is 1. The topological polar surface area (TPSA) is 96.2 Å². The number of ether oxygens (including phenoxy) is 2. The van der Waals surface area contributed by atoms with Gasteiger partial charge in [-0.25, -0.2) is 4.79 Å². The first-order chi connectivity index (χ1) is 9.09. The van der Waals surface area contributed by atoms with Gasteiger partial charge in [0, 0.05) is 0 Å². The van der Waals surface area contributed by atoms with Crippen molar-refractivity contribution in [1.82, 2.24) is 0 Å². The molecule has 1 saturated heterocycles. The summed E-state index contributed by atoms with van der Waals surface area (Å²) < 4.78 is 10.3. The molecular formula is C13H16O6. The Bertz CT molecular complexity index is 420. The van der Waals surface area contributed by atoms with Crippen molar-refractivity contribution in [2.75, 3.05) is 6.61 Å². The fraction of sp³-hybridized carbons (Fsp3) is 0.462. The summed E-state index contributed by atoms with van der Waals surface area (Å²) in [5.41, 5.74) is 0.875. The molecule has 4 atom stereocenters. The third kappa shape index (κ3) is 3.30. The van der Waals surface area contributed by atoms with E-state index in [0.29, 0.717) is 0 Å². The minimum atomic E-state index is -1.40. The van der Waals surface area contributed by atoms with E-state index in [1.165, 1.54) is 0 Å². The number of carbonyl (C=O) groups is 1. The van der Waals surface area contributed by atoms with Gasteiger partial charge in [-0.3, -0.25) is 0 Å². The Balaban J connectivity index is 1.99. The van der Waals surface area contributed by atoms with E-state index in [1.54, 1.807) is 0 Å². The van der Waals surface area contributed by atoms with Gasteiger partial charge in [-0.15, -0.1) is 0 Å². The predicted octanol–water partition coefficient (Wildman–Crippen LogP) is -0.223. The van der Waals surface area contributed by atoms with Crippen molar-refractivity contribution in [3.8, 4) is 0 Å². The molecule has 1 aliphatic rings. The molecule has 6 nitrogen and oxygen atoms in total. The van der Waals surface area contributed by atoms with Crippen molar-refractivity contribution >= 4 is 5.97 Å². The molecule has 104 valence electrons. The minimum Gasteiger partial charge on any atom is -0.479 e. The first-order valence-electron chi connectivity index (χ1n) is 5.95. The van der Waals surface area contributed by atoms with Gasteiger partial charge in [-0.1, -0.05) is 30.3 Å². The van der Waals surface area contributed by atoms with Gasteiger partial charge in [0.05, 0.1) is 13.2 Å². The zero-order chi connectivity index (χ0) is 13.8. The van der Waals surface area contributed by atoms with Crippen LogP contribution < -0.4 is 0 Å². The molecule has 3 N–H and O–H groups in total. The number of rotatable bonds is 4. The molecule has 0 bridgehead atoms. The molecule has 1 aliphatic heterocycles. The Morgan fingerprint density at radius 1 is 1.32 bits per heavy atom. The lowest BCUT2D eigenvalue weighted by molar-refractivity contribution is -0.215. The van der Waals surface area contributed by atoms with Crippen LogP contribution in [0, 0.1) is 0 Å². The summed E-state index contributed by atoms with van der Waals surface area (Å²) in [5, 5.41) is 28.4. The van der Waals surface area contributed by atoms with Crippen molar-refractivity contribution in [3.05, 3.63) is 35.9 Å². The lowest BCUT2D eigenvalue weighted by Crippen LogP contribution is -2.56. The number of carboxylic acids is 1. The molecule has 2 unspecified atom stereocenters. The van der Waals surface area contributed by atoms with Crippen LogP contribution in [-0.2, 0) is 20.9 Å². The third-order valence-electron chi connectivity index (χ3n) is 3.00. The van der Waals surface area contributed by atoms with Gasteiger partial charge < -0.3 is 24.8 Å². The van der Waals surface area contributed by atoms with Crippen LogP contribution in [-0.4, -0.2) is 52.3 Å². The molecule has 1 aromatic carbocycles. The van der Waals surface area contributed by atoms with Crippen LogP contribution in [0.15, 0.2) is 30.3 Å². The predicted molar refractivity (Wildman–Crippen MR) is 64.4 cm³/mol. The van der Waals surface area contributed by atoms with Crippen molar-refractivity contribution in [2.45, 2.75) is 31.0 Å². The maximum atomic E-state index is 10.9. The Morgan fingerprint density at radius 2 is 2.00 bits per heavy atom. The monoisotopic (exact) mass is 268 g/mol. The quantitative estimate of drug-likeness (QED) is 0.698. The summed E-state index contributed by atoms with van der Waals surface area (Å²) in [5.74, 6) is -1.27. The highest BCUT2D eigenvalue weighted by Crippen LogP contribution is 2.20. The summed E-state index contributed by atoms with van der Waals surface area (Å²) in [7, 11) is 0. The Kier molecular flexibility index (Phi) is 4.49. The fourth-order valence-corrected chi connectivity index (χ4v) is 1.99. The van der Waals surface area contributed by atoms with E-state index in [4.69, 9.17) is 14.6 Å². The second-order valence-electron chi connectivity index (χ2n) is 4.41. The normalized spacial score (nSPS) is 31.1. The van der Waals surface area contributed by atoms with Crippen LogP contribution in [0.2, 0.25) is 0 Å². The van der Waals surface area contributed by atoms with Crippen LogP contribution >= 0.6 is 0 Å². The molecule has 0 spiro atoms. The largest absolute Gasteiger partial charge is 0.479 e. The number of aliphatic hydroxyl groups excluding tert-OH is 2. The van der Waals surface area contributed by atoms with Gasteiger partial charge >= 0.3 is 5.97 Å². The zero-order valence-electron chi connectivity index (χ0n) is 10.2. The highest BCUT2D eigenvalue weighted by molar-refractivity contribution is 5.73. The maximum absolute atomic E-state index is 10.9. The Hall–Kier alpha value is -1.47. The van der Waals surface area contributed by atoms with Gasteiger partial charge in [0.25, 0.3) is 0 Å². The SMILES string of the molecule is O=C(O)C1OCC(O)[C@H](OCc2ccccc2)[C@@H]1O. The van der Waals surface area contributed by atoms with Crippen LogP contribution in [0.1, 0.15) is 5.56 Å². The number of hydrogen-bond donors (Lipinski definition) is 3. The van der Waals surface area contributed by atoms with E-state index in [1.807, 2.05) is 30.3 Å². The minimum absolute atomic E-state index is 0.173. The van der Waals surface area contributed by atoms with Crippen molar-refractivity contribution in [2.24, 2.45) is 0 Å². The number of benzene rings is 1. The average molecular weight is 268 g/mol. The molecule has 0 aromatic heterocycles. The molecule has 1 heterocycles. The van der Waals surface area contributed by atoms with E-state index in [-0.39, 0.29) is 13.2 Å². The second kappa shape index (κ2) is 6.12. The van der Waals surface area contributed by atoms with Crippen LogP contribution in [0.4, 0.5) is 0 Å². The first kappa shape index (κ1) is 14.0. The second-order valence-corrected chi connectivity index (χ2v) is 4.41. The van der Waals surface area contributed by atoms with E-state index in [9.17, 15) is 15.0 Å². The maximum Gasteiger partial charge on any atom is 0.335 e. The molecule has 6 heteroatoms. The average Bonchev–Trinajstić information content (AvgIpc) is 2.39. The molecule has 0 saturated carbocycles. The Labute approximate surface area is 110 Å². The number of hydrogen-bond acceptors (Lipinski definition) is 5. The van der Waals surface area contributed by atoms with Crippen molar-refractivity contribution in [3.63, 3.8) is 0 Å². The molecule has 0 amide bonds. The lowest BCUT2D eigenvalue weighted by Gasteiger charge is -2.35.